The van der Waals surface area contributed by atoms with Crippen LogP contribution in [0.4, 0.5) is 0 Å². The Kier molecular flexibility index (Phi) is 4.07. The van der Waals surface area contributed by atoms with Crippen molar-refractivity contribution < 1.29 is 0 Å². The van der Waals surface area contributed by atoms with E-state index in [-0.39, 0.29) is 0 Å². The molecule has 1 aliphatic carbocycles. The lowest BCUT2D eigenvalue weighted by Crippen LogP contribution is -2.08. The van der Waals surface area contributed by atoms with Crippen LogP contribution in [-0.2, 0) is 6.42 Å². The summed E-state index contributed by atoms with van der Waals surface area (Å²) in [6.45, 7) is 4.68. The van der Waals surface area contributed by atoms with Gasteiger partial charge in [-0.2, -0.15) is 0 Å². The number of alkyl halides is 1. The molecule has 0 aliphatic heterocycles. The standard InChI is InChI=1S/C15H21Br/c1-3-6-11(2)9-13-10-12-7-4-5-8-14(12)15(13)16/h4-5,7-8,11,13,15H,3,6,9-10H2,1-2H3. The molecule has 1 aromatic carbocycles. The second-order valence-electron chi connectivity index (χ2n) is 5.19. The third kappa shape index (κ3) is 2.51. The fraction of sp³-hybridized carbons (Fsp3) is 0.600. The Labute approximate surface area is 108 Å². The highest BCUT2D eigenvalue weighted by molar-refractivity contribution is 9.09. The average Bonchev–Trinajstić information content (AvgIpc) is 2.57. The van der Waals surface area contributed by atoms with Gasteiger partial charge in [-0.1, -0.05) is 66.9 Å². The summed E-state index contributed by atoms with van der Waals surface area (Å²) in [7, 11) is 0. The molecule has 0 spiro atoms. The molecule has 0 saturated heterocycles. The Morgan fingerprint density at radius 3 is 2.81 bits per heavy atom. The maximum atomic E-state index is 3.88. The second kappa shape index (κ2) is 5.35. The van der Waals surface area contributed by atoms with Gasteiger partial charge >= 0.3 is 0 Å². The van der Waals surface area contributed by atoms with Crippen LogP contribution in [-0.4, -0.2) is 0 Å². The third-order valence-corrected chi connectivity index (χ3v) is 4.98. The molecule has 0 radical (unpaired) electrons. The topological polar surface area (TPSA) is 0 Å². The zero-order valence-corrected chi connectivity index (χ0v) is 11.8. The molecule has 2 rings (SSSR count). The van der Waals surface area contributed by atoms with E-state index in [4.69, 9.17) is 0 Å². The van der Waals surface area contributed by atoms with E-state index in [1.807, 2.05) is 0 Å². The van der Waals surface area contributed by atoms with Gasteiger partial charge in [-0.25, -0.2) is 0 Å². The van der Waals surface area contributed by atoms with Crippen LogP contribution in [0, 0.1) is 11.8 Å². The Hall–Kier alpha value is -0.300. The lowest BCUT2D eigenvalue weighted by atomic mass is 9.91. The molecule has 16 heavy (non-hydrogen) atoms. The van der Waals surface area contributed by atoms with Gasteiger partial charge in [-0.15, -0.1) is 0 Å². The molecule has 0 saturated carbocycles. The van der Waals surface area contributed by atoms with Gasteiger partial charge in [-0.3, -0.25) is 0 Å². The first-order valence-electron chi connectivity index (χ1n) is 6.44. The predicted octanol–water partition coefficient (Wildman–Crippen LogP) is 5.12. The van der Waals surface area contributed by atoms with Gasteiger partial charge in [0.1, 0.15) is 0 Å². The molecule has 0 heterocycles. The molecule has 0 amide bonds. The van der Waals surface area contributed by atoms with Crippen molar-refractivity contribution in [1.29, 1.82) is 0 Å². The molecule has 1 aromatic rings. The quantitative estimate of drug-likeness (QED) is 0.672. The molecule has 0 aromatic heterocycles. The smallest absolute Gasteiger partial charge is 0.0429 e. The van der Waals surface area contributed by atoms with Crippen LogP contribution in [0.15, 0.2) is 24.3 Å². The number of rotatable bonds is 4. The lowest BCUT2D eigenvalue weighted by molar-refractivity contribution is 0.380. The molecule has 0 fully saturated rings. The van der Waals surface area contributed by atoms with Crippen molar-refractivity contribution >= 4 is 15.9 Å². The molecule has 1 heteroatoms. The molecule has 88 valence electrons. The fourth-order valence-corrected chi connectivity index (χ4v) is 3.81. The maximum Gasteiger partial charge on any atom is 0.0429 e. The van der Waals surface area contributed by atoms with Crippen LogP contribution >= 0.6 is 15.9 Å². The molecule has 0 bridgehead atoms. The summed E-state index contributed by atoms with van der Waals surface area (Å²) in [4.78, 5) is 0.586. The zero-order valence-electron chi connectivity index (χ0n) is 10.2. The second-order valence-corrected chi connectivity index (χ2v) is 6.18. The number of hydrogen-bond donors (Lipinski definition) is 0. The summed E-state index contributed by atoms with van der Waals surface area (Å²) >= 11 is 3.88. The maximum absolute atomic E-state index is 3.88. The van der Waals surface area contributed by atoms with Crippen molar-refractivity contribution in [2.45, 2.75) is 44.4 Å². The molecule has 3 atom stereocenters. The number of halogens is 1. The highest BCUT2D eigenvalue weighted by atomic mass is 79.9. The normalized spacial score (nSPS) is 25.4. The summed E-state index contributed by atoms with van der Waals surface area (Å²) in [5, 5.41) is 0. The summed E-state index contributed by atoms with van der Waals surface area (Å²) in [6.07, 6.45) is 5.30. The molecule has 0 N–H and O–H groups in total. The van der Waals surface area contributed by atoms with Crippen molar-refractivity contribution in [3.63, 3.8) is 0 Å². The van der Waals surface area contributed by atoms with Crippen molar-refractivity contribution in [1.82, 2.24) is 0 Å². The SMILES string of the molecule is CCCC(C)CC1Cc2ccccc2C1Br. The Bertz CT molecular complexity index is 345. The van der Waals surface area contributed by atoms with E-state index in [0.717, 1.165) is 11.8 Å². The molecular formula is C15H21Br. The van der Waals surface area contributed by atoms with Gasteiger partial charge in [0.15, 0.2) is 0 Å². The minimum absolute atomic E-state index is 0.586. The van der Waals surface area contributed by atoms with Gasteiger partial charge in [0.25, 0.3) is 0 Å². The Morgan fingerprint density at radius 1 is 1.38 bits per heavy atom. The van der Waals surface area contributed by atoms with Gasteiger partial charge in [-0.05, 0) is 35.8 Å². The van der Waals surface area contributed by atoms with Crippen molar-refractivity contribution in [2.75, 3.05) is 0 Å². The van der Waals surface area contributed by atoms with E-state index in [0.29, 0.717) is 4.83 Å². The van der Waals surface area contributed by atoms with Crippen LogP contribution in [0.2, 0.25) is 0 Å². The van der Waals surface area contributed by atoms with E-state index in [2.05, 4.69) is 54.0 Å². The third-order valence-electron chi connectivity index (χ3n) is 3.73. The van der Waals surface area contributed by atoms with E-state index in [1.165, 1.54) is 31.2 Å². The minimum Gasteiger partial charge on any atom is -0.0836 e. The zero-order chi connectivity index (χ0) is 11.5. The minimum atomic E-state index is 0.586. The summed E-state index contributed by atoms with van der Waals surface area (Å²) < 4.78 is 0. The van der Waals surface area contributed by atoms with Gasteiger partial charge < -0.3 is 0 Å². The Balaban J connectivity index is 2.01. The van der Waals surface area contributed by atoms with Gasteiger partial charge in [0.2, 0.25) is 0 Å². The largest absolute Gasteiger partial charge is 0.0836 e. The lowest BCUT2D eigenvalue weighted by Gasteiger charge is -2.19. The molecular weight excluding hydrogens is 260 g/mol. The van der Waals surface area contributed by atoms with E-state index >= 15 is 0 Å². The number of hydrogen-bond acceptors (Lipinski definition) is 0. The number of benzene rings is 1. The van der Waals surface area contributed by atoms with E-state index in [1.54, 1.807) is 5.56 Å². The van der Waals surface area contributed by atoms with E-state index in [9.17, 15) is 0 Å². The summed E-state index contributed by atoms with van der Waals surface area (Å²) in [5.74, 6) is 1.67. The van der Waals surface area contributed by atoms with Crippen LogP contribution in [0.3, 0.4) is 0 Å². The van der Waals surface area contributed by atoms with Crippen LogP contribution in [0.1, 0.15) is 49.1 Å². The first-order chi connectivity index (χ1) is 7.72. The first-order valence-corrected chi connectivity index (χ1v) is 7.35. The van der Waals surface area contributed by atoms with Crippen LogP contribution in [0.25, 0.3) is 0 Å². The average molecular weight is 281 g/mol. The predicted molar refractivity (Wildman–Crippen MR) is 74.0 cm³/mol. The fourth-order valence-electron chi connectivity index (χ4n) is 2.96. The Morgan fingerprint density at radius 2 is 2.12 bits per heavy atom. The number of fused-ring (bicyclic) bond motifs is 1. The molecule has 0 nitrogen and oxygen atoms in total. The van der Waals surface area contributed by atoms with Gasteiger partial charge in [0, 0.05) is 4.83 Å². The highest BCUT2D eigenvalue weighted by Crippen LogP contribution is 2.45. The first kappa shape index (κ1) is 12.2. The van der Waals surface area contributed by atoms with Crippen molar-refractivity contribution in [3.8, 4) is 0 Å². The summed E-state index contributed by atoms with van der Waals surface area (Å²) in [6, 6.07) is 8.88. The van der Waals surface area contributed by atoms with E-state index < -0.39 is 0 Å². The van der Waals surface area contributed by atoms with Gasteiger partial charge in [0.05, 0.1) is 0 Å². The molecule has 3 unspecified atom stereocenters. The van der Waals surface area contributed by atoms with Crippen LogP contribution < -0.4 is 0 Å². The highest BCUT2D eigenvalue weighted by Gasteiger charge is 2.30. The van der Waals surface area contributed by atoms with Crippen molar-refractivity contribution in [2.24, 2.45) is 11.8 Å². The monoisotopic (exact) mass is 280 g/mol. The summed E-state index contributed by atoms with van der Waals surface area (Å²) in [5.41, 5.74) is 3.08. The van der Waals surface area contributed by atoms with Crippen molar-refractivity contribution in [3.05, 3.63) is 35.4 Å². The molecule has 1 aliphatic rings. The van der Waals surface area contributed by atoms with Crippen LogP contribution in [0.5, 0.6) is 0 Å².